The van der Waals surface area contributed by atoms with Gasteiger partial charge in [0.1, 0.15) is 0 Å². The van der Waals surface area contributed by atoms with Crippen LogP contribution in [0.4, 0.5) is 5.69 Å². The predicted molar refractivity (Wildman–Crippen MR) is 127 cm³/mol. The van der Waals surface area contributed by atoms with Gasteiger partial charge in [-0.3, -0.25) is 0 Å². The summed E-state index contributed by atoms with van der Waals surface area (Å²) in [6.45, 7) is 2.12. The molecule has 160 valence electrons. The zero-order valence-electron chi connectivity index (χ0n) is 16.4. The van der Waals surface area contributed by atoms with Crippen LogP contribution in [0.1, 0.15) is 11.1 Å². The Hall–Kier alpha value is -2.33. The third-order valence-electron chi connectivity index (χ3n) is 4.43. The lowest BCUT2D eigenvalue weighted by Gasteiger charge is -2.17. The second-order valence-electron chi connectivity index (χ2n) is 6.74. The molecule has 1 atom stereocenters. The van der Waals surface area contributed by atoms with Gasteiger partial charge in [0.25, 0.3) is 10.0 Å². The van der Waals surface area contributed by atoms with Crippen molar-refractivity contribution in [3.05, 3.63) is 95.0 Å². The Labute approximate surface area is 193 Å². The second-order valence-corrected chi connectivity index (χ2v) is 11.2. The van der Waals surface area contributed by atoms with E-state index in [0.717, 1.165) is 23.1 Å². The Kier molecular flexibility index (Phi) is 6.38. The fourth-order valence-corrected chi connectivity index (χ4v) is 6.74. The molecule has 0 aromatic heterocycles. The maximum Gasteiger partial charge on any atom is 0.284 e. The van der Waals surface area contributed by atoms with Crippen LogP contribution in [0.15, 0.2) is 88.2 Å². The monoisotopic (exact) mass is 491 g/mol. The number of benzene rings is 3. The highest BCUT2D eigenvalue weighted by Gasteiger charge is 2.37. The maximum atomic E-state index is 13.3. The summed E-state index contributed by atoms with van der Waals surface area (Å²) in [5.74, 6) is 0. The number of aryl methyl sites for hydroxylation is 1. The van der Waals surface area contributed by atoms with E-state index in [1.54, 1.807) is 36.4 Å². The summed E-state index contributed by atoms with van der Waals surface area (Å²) in [4.78, 5) is 0.0848. The maximum absolute atomic E-state index is 13.3. The second kappa shape index (κ2) is 9.04. The van der Waals surface area contributed by atoms with Crippen molar-refractivity contribution in [1.82, 2.24) is 4.31 Å². The minimum Gasteiger partial charge on any atom is -0.245 e. The molecule has 0 saturated carbocycles. The largest absolute Gasteiger partial charge is 0.284 e. The van der Waals surface area contributed by atoms with E-state index in [1.807, 2.05) is 37.3 Å². The van der Waals surface area contributed by atoms with Crippen LogP contribution >= 0.6 is 23.5 Å². The predicted octanol–water partition coefficient (Wildman–Crippen LogP) is 4.94. The van der Waals surface area contributed by atoms with Crippen LogP contribution in [0.2, 0.25) is 5.02 Å². The number of hydrogen-bond acceptors (Lipinski definition) is 4. The van der Waals surface area contributed by atoms with Crippen LogP contribution < -0.4 is 3.71 Å². The van der Waals surface area contributed by atoms with Crippen molar-refractivity contribution in [2.45, 2.75) is 18.4 Å². The summed E-state index contributed by atoms with van der Waals surface area (Å²) in [5, 5.41) is 0.688. The van der Waals surface area contributed by atoms with E-state index in [4.69, 9.17) is 11.6 Å². The first-order chi connectivity index (χ1) is 14.8. The lowest BCUT2D eigenvalue weighted by molar-refractivity contribution is 0.593. The van der Waals surface area contributed by atoms with Crippen molar-refractivity contribution in [1.29, 1.82) is 0 Å². The van der Waals surface area contributed by atoms with E-state index in [-0.39, 0.29) is 16.6 Å². The molecule has 0 amide bonds. The Morgan fingerprint density at radius 1 is 0.968 bits per heavy atom. The molecular weight excluding hydrogens is 474 g/mol. The normalized spacial score (nSPS) is 18.0. The van der Waals surface area contributed by atoms with Crippen LogP contribution in [0, 0.1) is 6.92 Å². The van der Waals surface area contributed by atoms with Gasteiger partial charge in [0.2, 0.25) is 16.3 Å². The first-order valence-electron chi connectivity index (χ1n) is 9.22. The molecule has 31 heavy (non-hydrogen) atoms. The van der Waals surface area contributed by atoms with Crippen molar-refractivity contribution < 1.29 is 12.6 Å². The Morgan fingerprint density at radius 3 is 2.26 bits per heavy atom. The lowest BCUT2D eigenvalue weighted by atomic mass is 10.2. The first kappa shape index (κ1) is 21.9. The van der Waals surface area contributed by atoms with Crippen molar-refractivity contribution in [3.63, 3.8) is 0 Å². The van der Waals surface area contributed by atoms with Crippen molar-refractivity contribution in [2.75, 3.05) is 3.71 Å². The highest BCUT2D eigenvalue weighted by Crippen LogP contribution is 2.37. The molecule has 3 aromatic carbocycles. The molecule has 0 unspecified atom stereocenters. The quantitative estimate of drug-likeness (QED) is 0.474. The topological polar surface area (TPSA) is 70.0 Å². The lowest BCUT2D eigenvalue weighted by Crippen LogP contribution is -2.28. The molecule has 1 aliphatic heterocycles. The van der Waals surface area contributed by atoms with Crippen LogP contribution in [0.3, 0.4) is 0 Å². The molecule has 4 rings (SSSR count). The number of amidine groups is 1. The molecule has 0 bridgehead atoms. The standard InChI is InChI=1S/C21H18ClN3O3S3/c1-16-7-13-20(14-8-16)31(27,28)23-21-24(15-17-5-3-2-4-6-17)30(26)25(29-21)19-11-9-18(22)10-12-19/h2-14H,15H2,1H3/t30-/m1/s1. The van der Waals surface area contributed by atoms with Gasteiger partial charge in [-0.2, -0.15) is 8.42 Å². The molecule has 1 fully saturated rings. The third-order valence-corrected chi connectivity index (χ3v) is 8.83. The van der Waals surface area contributed by atoms with Gasteiger partial charge < -0.3 is 0 Å². The van der Waals surface area contributed by atoms with E-state index < -0.39 is 21.2 Å². The van der Waals surface area contributed by atoms with Crippen LogP contribution in [0.5, 0.6) is 0 Å². The number of rotatable bonds is 5. The zero-order valence-corrected chi connectivity index (χ0v) is 19.6. The van der Waals surface area contributed by atoms with Crippen molar-refractivity contribution in [3.8, 4) is 0 Å². The molecule has 0 radical (unpaired) electrons. The van der Waals surface area contributed by atoms with E-state index in [2.05, 4.69) is 4.40 Å². The molecule has 1 heterocycles. The first-order valence-corrected chi connectivity index (χ1v) is 12.9. The number of sulfonamides is 1. The average Bonchev–Trinajstić information content (AvgIpc) is 3.04. The van der Waals surface area contributed by atoms with E-state index in [0.29, 0.717) is 10.7 Å². The molecule has 0 aliphatic carbocycles. The summed E-state index contributed by atoms with van der Waals surface area (Å²) >= 11 is 5.30. The Morgan fingerprint density at radius 2 is 1.61 bits per heavy atom. The fourth-order valence-electron chi connectivity index (χ4n) is 2.81. The van der Waals surface area contributed by atoms with Gasteiger partial charge in [-0.15, -0.1) is 4.40 Å². The smallest absolute Gasteiger partial charge is 0.245 e. The molecule has 0 N–H and O–H groups in total. The number of nitrogens with zero attached hydrogens (tertiary/aromatic N) is 3. The summed E-state index contributed by atoms with van der Waals surface area (Å²) in [6, 6.07) is 22.7. The van der Waals surface area contributed by atoms with E-state index in [9.17, 15) is 12.6 Å². The number of anilines is 1. The molecular formula is C21H18ClN3O3S3. The van der Waals surface area contributed by atoms with Crippen LogP contribution in [-0.2, 0) is 27.7 Å². The van der Waals surface area contributed by atoms with Gasteiger partial charge in [-0.1, -0.05) is 59.6 Å². The fraction of sp³-hybridized carbons (Fsp3) is 0.0952. The summed E-state index contributed by atoms with van der Waals surface area (Å²) in [5.41, 5.74) is 2.46. The summed E-state index contributed by atoms with van der Waals surface area (Å²) < 4.78 is 46.2. The average molecular weight is 492 g/mol. The minimum atomic E-state index is -3.98. The van der Waals surface area contributed by atoms with E-state index in [1.165, 1.54) is 20.1 Å². The Bertz CT molecular complexity index is 1230. The van der Waals surface area contributed by atoms with Crippen molar-refractivity contribution in [2.24, 2.45) is 4.40 Å². The zero-order chi connectivity index (χ0) is 22.0. The van der Waals surface area contributed by atoms with Gasteiger partial charge in [0, 0.05) is 17.0 Å². The third kappa shape index (κ3) is 4.95. The SMILES string of the molecule is Cc1ccc(S(=O)(=O)N=C2SN(c3ccc(Cl)cc3)[S@](=O)N2Cc2ccccc2)cc1. The number of halogens is 1. The highest BCUT2D eigenvalue weighted by molar-refractivity contribution is 8.26. The number of hydrogen-bond donors (Lipinski definition) is 0. The minimum absolute atomic E-state index is 0.0848. The van der Waals surface area contributed by atoms with E-state index >= 15 is 0 Å². The summed E-state index contributed by atoms with van der Waals surface area (Å²) in [7, 11) is -3.98. The Balaban J connectivity index is 1.73. The molecule has 3 aromatic rings. The van der Waals surface area contributed by atoms with Crippen LogP contribution in [0.25, 0.3) is 0 Å². The van der Waals surface area contributed by atoms with Crippen molar-refractivity contribution >= 4 is 55.6 Å². The molecule has 1 saturated heterocycles. The van der Waals surface area contributed by atoms with Crippen LogP contribution in [-0.4, -0.2) is 22.1 Å². The van der Waals surface area contributed by atoms with Gasteiger partial charge >= 0.3 is 0 Å². The molecule has 6 nitrogen and oxygen atoms in total. The highest BCUT2D eigenvalue weighted by atomic mass is 35.5. The van der Waals surface area contributed by atoms with Gasteiger partial charge in [-0.05, 0) is 48.9 Å². The van der Waals surface area contributed by atoms with Gasteiger partial charge in [0.05, 0.1) is 17.1 Å². The molecule has 1 aliphatic rings. The molecule has 0 spiro atoms. The van der Waals surface area contributed by atoms with Gasteiger partial charge in [-0.25, -0.2) is 12.2 Å². The van der Waals surface area contributed by atoms with Gasteiger partial charge in [0.15, 0.2) is 0 Å². The summed E-state index contributed by atoms with van der Waals surface area (Å²) in [6.07, 6.45) is 0. The molecule has 10 heteroatoms.